The van der Waals surface area contributed by atoms with Crippen LogP contribution < -0.4 is 4.74 Å². The molecule has 2 rings (SSSR count). The molecule has 70 valence electrons. The lowest BCUT2D eigenvalue weighted by atomic mass is 9.90. The Kier molecular flexibility index (Phi) is 2.21. The van der Waals surface area contributed by atoms with E-state index in [4.69, 9.17) is 4.74 Å². The normalized spacial score (nSPS) is 20.9. The van der Waals surface area contributed by atoms with Crippen molar-refractivity contribution in [3.05, 3.63) is 29.3 Å². The fraction of sp³-hybridized carbons (Fsp3) is 0.455. The highest BCUT2D eigenvalue weighted by Crippen LogP contribution is 2.38. The number of benzene rings is 1. The second-order valence-corrected chi connectivity index (χ2v) is 3.39. The number of aryl methyl sites for hydroxylation is 1. The molecule has 1 aliphatic carbocycles. The Morgan fingerprint density at radius 3 is 3.08 bits per heavy atom. The van der Waals surface area contributed by atoms with Gasteiger partial charge in [-0.3, -0.25) is 0 Å². The van der Waals surface area contributed by atoms with Crippen molar-refractivity contribution < 1.29 is 9.13 Å². The summed E-state index contributed by atoms with van der Waals surface area (Å²) >= 11 is 0. The van der Waals surface area contributed by atoms with Crippen LogP contribution in [0.5, 0.6) is 5.75 Å². The lowest BCUT2D eigenvalue weighted by Crippen LogP contribution is -2.07. The maximum Gasteiger partial charge on any atom is 0.129 e. The minimum Gasteiger partial charge on any atom is -0.496 e. The summed E-state index contributed by atoms with van der Waals surface area (Å²) in [5, 5.41) is 0. The molecular weight excluding hydrogens is 167 g/mol. The summed E-state index contributed by atoms with van der Waals surface area (Å²) in [6.07, 6.45) is 1.72. The zero-order chi connectivity index (χ0) is 9.26. The predicted molar refractivity (Wildman–Crippen MR) is 49.8 cm³/mol. The van der Waals surface area contributed by atoms with Gasteiger partial charge in [0.2, 0.25) is 0 Å². The average Bonchev–Trinajstić information content (AvgIpc) is 2.17. The Morgan fingerprint density at radius 1 is 1.46 bits per heavy atom. The minimum atomic E-state index is -0.833. The Balaban J connectivity index is 2.50. The Morgan fingerprint density at radius 2 is 2.31 bits per heavy atom. The molecule has 0 aliphatic heterocycles. The monoisotopic (exact) mass is 180 g/mol. The summed E-state index contributed by atoms with van der Waals surface area (Å²) in [6, 6.07) is 5.75. The van der Waals surface area contributed by atoms with Crippen LogP contribution in [0.2, 0.25) is 0 Å². The van der Waals surface area contributed by atoms with Gasteiger partial charge in [-0.15, -0.1) is 0 Å². The van der Waals surface area contributed by atoms with Crippen LogP contribution in [0.15, 0.2) is 18.2 Å². The quantitative estimate of drug-likeness (QED) is 0.645. The van der Waals surface area contributed by atoms with Crippen LogP contribution in [0.4, 0.5) is 4.39 Å². The maximum atomic E-state index is 13.5. The number of hydrogen-bond acceptors (Lipinski definition) is 1. The Bertz CT molecular complexity index is 295. The van der Waals surface area contributed by atoms with Crippen molar-refractivity contribution in [2.24, 2.45) is 0 Å². The van der Waals surface area contributed by atoms with Crippen LogP contribution in [0, 0.1) is 0 Å². The summed E-state index contributed by atoms with van der Waals surface area (Å²) in [5.74, 6) is 0.699. The topological polar surface area (TPSA) is 9.23 Å². The molecule has 0 N–H and O–H groups in total. The zero-order valence-electron chi connectivity index (χ0n) is 7.72. The predicted octanol–water partition coefficient (Wildman–Crippen LogP) is 3.04. The maximum absolute atomic E-state index is 13.5. The molecule has 0 heterocycles. The van der Waals surface area contributed by atoms with Crippen LogP contribution in [0.1, 0.15) is 30.1 Å². The molecule has 0 saturated carbocycles. The van der Waals surface area contributed by atoms with Crippen molar-refractivity contribution in [3.8, 4) is 5.75 Å². The first-order valence-electron chi connectivity index (χ1n) is 4.63. The second kappa shape index (κ2) is 3.36. The minimum absolute atomic E-state index is 0.632. The number of ether oxygens (including phenoxy) is 1. The zero-order valence-corrected chi connectivity index (χ0v) is 7.72. The molecule has 1 unspecified atom stereocenters. The molecule has 0 bridgehead atoms. The molecule has 1 aromatic carbocycles. The molecule has 1 nitrogen and oxygen atoms in total. The molecule has 1 aliphatic rings. The Hall–Kier alpha value is -1.05. The first-order chi connectivity index (χ1) is 6.33. The van der Waals surface area contributed by atoms with E-state index in [-0.39, 0.29) is 0 Å². The van der Waals surface area contributed by atoms with Gasteiger partial charge in [-0.2, -0.15) is 0 Å². The summed E-state index contributed by atoms with van der Waals surface area (Å²) in [7, 11) is 1.59. The van der Waals surface area contributed by atoms with Crippen molar-refractivity contribution in [1.82, 2.24) is 0 Å². The molecule has 0 amide bonds. The lowest BCUT2D eigenvalue weighted by molar-refractivity contribution is 0.288. The Labute approximate surface area is 77.5 Å². The van der Waals surface area contributed by atoms with Gasteiger partial charge in [0.15, 0.2) is 0 Å². The molecule has 13 heavy (non-hydrogen) atoms. The van der Waals surface area contributed by atoms with Gasteiger partial charge in [0.05, 0.1) is 7.11 Å². The third kappa shape index (κ3) is 1.41. The van der Waals surface area contributed by atoms with E-state index < -0.39 is 6.17 Å². The SMILES string of the molecule is COc1cccc2c1C(F)CCC2. The molecule has 0 radical (unpaired) electrons. The largest absolute Gasteiger partial charge is 0.496 e. The molecule has 0 aromatic heterocycles. The van der Waals surface area contributed by atoms with Gasteiger partial charge < -0.3 is 4.74 Å². The van der Waals surface area contributed by atoms with Gasteiger partial charge in [-0.05, 0) is 30.9 Å². The molecule has 0 saturated heterocycles. The van der Waals surface area contributed by atoms with Crippen molar-refractivity contribution in [3.63, 3.8) is 0 Å². The summed E-state index contributed by atoms with van der Waals surface area (Å²) < 4.78 is 18.7. The van der Waals surface area contributed by atoms with E-state index in [0.29, 0.717) is 12.2 Å². The van der Waals surface area contributed by atoms with Crippen LogP contribution in [-0.4, -0.2) is 7.11 Å². The van der Waals surface area contributed by atoms with Crippen molar-refractivity contribution in [1.29, 1.82) is 0 Å². The summed E-state index contributed by atoms with van der Waals surface area (Å²) in [6.45, 7) is 0. The summed E-state index contributed by atoms with van der Waals surface area (Å²) in [4.78, 5) is 0. The summed E-state index contributed by atoms with van der Waals surface area (Å²) in [5.41, 5.74) is 1.88. The number of methoxy groups -OCH3 is 1. The van der Waals surface area contributed by atoms with Crippen molar-refractivity contribution >= 4 is 0 Å². The first kappa shape index (κ1) is 8.54. The smallest absolute Gasteiger partial charge is 0.129 e. The highest BCUT2D eigenvalue weighted by molar-refractivity contribution is 5.43. The van der Waals surface area contributed by atoms with Gasteiger partial charge in [0, 0.05) is 5.56 Å². The van der Waals surface area contributed by atoms with E-state index in [2.05, 4.69) is 0 Å². The number of hydrogen-bond donors (Lipinski definition) is 0. The van der Waals surface area contributed by atoms with Crippen LogP contribution >= 0.6 is 0 Å². The van der Waals surface area contributed by atoms with Gasteiger partial charge in [0.1, 0.15) is 11.9 Å². The van der Waals surface area contributed by atoms with Crippen LogP contribution in [0.3, 0.4) is 0 Å². The van der Waals surface area contributed by atoms with Gasteiger partial charge in [0.25, 0.3) is 0 Å². The van der Waals surface area contributed by atoms with Gasteiger partial charge >= 0.3 is 0 Å². The van der Waals surface area contributed by atoms with Gasteiger partial charge in [-0.25, -0.2) is 4.39 Å². The molecule has 2 heteroatoms. The van der Waals surface area contributed by atoms with E-state index in [1.807, 2.05) is 18.2 Å². The van der Waals surface area contributed by atoms with E-state index in [9.17, 15) is 4.39 Å². The van der Waals surface area contributed by atoms with E-state index in [1.54, 1.807) is 7.11 Å². The van der Waals surface area contributed by atoms with E-state index >= 15 is 0 Å². The average molecular weight is 180 g/mol. The number of fused-ring (bicyclic) bond motifs is 1. The number of alkyl halides is 1. The first-order valence-corrected chi connectivity index (χ1v) is 4.63. The number of rotatable bonds is 1. The van der Waals surface area contributed by atoms with E-state index in [0.717, 1.165) is 24.0 Å². The molecule has 0 spiro atoms. The fourth-order valence-corrected chi connectivity index (χ4v) is 1.96. The van der Waals surface area contributed by atoms with Crippen LogP contribution in [0.25, 0.3) is 0 Å². The molecular formula is C11H13FO. The highest BCUT2D eigenvalue weighted by atomic mass is 19.1. The van der Waals surface area contributed by atoms with E-state index in [1.165, 1.54) is 0 Å². The third-order valence-corrected chi connectivity index (χ3v) is 2.59. The standard InChI is InChI=1S/C11H13FO/c1-13-10-7-3-5-8-4-2-6-9(12)11(8)10/h3,5,7,9H,2,4,6H2,1H3. The molecule has 1 atom stereocenters. The molecule has 0 fully saturated rings. The van der Waals surface area contributed by atoms with Crippen molar-refractivity contribution in [2.45, 2.75) is 25.4 Å². The third-order valence-electron chi connectivity index (χ3n) is 2.59. The van der Waals surface area contributed by atoms with Crippen molar-refractivity contribution in [2.75, 3.05) is 7.11 Å². The fourth-order valence-electron chi connectivity index (χ4n) is 1.96. The van der Waals surface area contributed by atoms with Crippen LogP contribution in [-0.2, 0) is 6.42 Å². The number of halogens is 1. The second-order valence-electron chi connectivity index (χ2n) is 3.39. The van der Waals surface area contributed by atoms with Gasteiger partial charge in [-0.1, -0.05) is 12.1 Å². The molecule has 1 aromatic rings. The lowest BCUT2D eigenvalue weighted by Gasteiger charge is -2.21. The highest BCUT2D eigenvalue weighted by Gasteiger charge is 2.22.